The van der Waals surface area contributed by atoms with Gasteiger partial charge in [0.2, 0.25) is 5.82 Å². The second-order valence-corrected chi connectivity index (χ2v) is 8.06. The summed E-state index contributed by atoms with van der Waals surface area (Å²) in [6.07, 6.45) is -4.74. The van der Waals surface area contributed by atoms with Gasteiger partial charge in [0.25, 0.3) is 7.52 Å². The highest BCUT2D eigenvalue weighted by molar-refractivity contribution is 7.65. The molecule has 0 aliphatic heterocycles. The molecule has 0 aliphatic carbocycles. The number of nitrogens with zero attached hydrogens (tertiary/aromatic N) is 2. The van der Waals surface area contributed by atoms with Gasteiger partial charge in [-0.3, -0.25) is 4.57 Å². The predicted molar refractivity (Wildman–Crippen MR) is 96.8 cm³/mol. The number of nitrogens with one attached hydrogen (secondary N) is 1. The zero-order valence-electron chi connectivity index (χ0n) is 15.1. The van der Waals surface area contributed by atoms with Crippen LogP contribution in [0.5, 0.6) is 0 Å². The Labute approximate surface area is 163 Å². The third-order valence-corrected chi connectivity index (χ3v) is 6.05. The quantitative estimate of drug-likeness (QED) is 0.439. The Morgan fingerprint density at radius 3 is 2.41 bits per heavy atom. The molecule has 1 heterocycles. The van der Waals surface area contributed by atoms with E-state index in [1.165, 1.54) is 30.3 Å². The van der Waals surface area contributed by atoms with Crippen molar-refractivity contribution in [2.75, 3.05) is 6.61 Å². The van der Waals surface area contributed by atoms with Crippen LogP contribution in [-0.2, 0) is 21.8 Å². The van der Waals surface area contributed by atoms with E-state index < -0.39 is 25.4 Å². The van der Waals surface area contributed by atoms with Crippen LogP contribution in [0.4, 0.5) is 17.6 Å². The molecule has 3 aromatic rings. The Bertz CT molecular complexity index is 1020. The molecular weight excluding hydrogens is 413 g/mol. The summed E-state index contributed by atoms with van der Waals surface area (Å²) in [4.78, 5) is 3.31. The fourth-order valence-electron chi connectivity index (χ4n) is 2.49. The van der Waals surface area contributed by atoms with Crippen LogP contribution in [-0.4, -0.2) is 16.7 Å². The first kappa shape index (κ1) is 21.2. The van der Waals surface area contributed by atoms with Crippen LogP contribution in [0.15, 0.2) is 53.1 Å². The van der Waals surface area contributed by atoms with E-state index in [9.17, 15) is 22.1 Å². The molecule has 0 saturated heterocycles. The smallest absolute Gasteiger partial charge is 0.329 e. The first-order valence-corrected chi connectivity index (χ1v) is 10.1. The van der Waals surface area contributed by atoms with E-state index in [-0.39, 0.29) is 29.8 Å². The van der Waals surface area contributed by atoms with Gasteiger partial charge in [-0.05, 0) is 25.1 Å². The van der Waals surface area contributed by atoms with Gasteiger partial charge in [-0.1, -0.05) is 35.5 Å². The molecular formula is C18H16F4N3O3P. The third-order valence-electron chi connectivity index (χ3n) is 3.88. The molecule has 3 rings (SSSR count). The minimum absolute atomic E-state index is 0.0362. The maximum atomic E-state index is 13.8. The van der Waals surface area contributed by atoms with Crippen molar-refractivity contribution in [3.8, 4) is 11.4 Å². The van der Waals surface area contributed by atoms with Crippen molar-refractivity contribution in [1.29, 1.82) is 0 Å². The monoisotopic (exact) mass is 429 g/mol. The van der Waals surface area contributed by atoms with Gasteiger partial charge < -0.3 is 9.05 Å². The molecule has 0 bridgehead atoms. The minimum atomic E-state index is -4.74. The van der Waals surface area contributed by atoms with Gasteiger partial charge in [-0.25, -0.2) is 9.48 Å². The highest BCUT2D eigenvalue weighted by atomic mass is 31.2. The second kappa shape index (κ2) is 8.44. The van der Waals surface area contributed by atoms with Gasteiger partial charge in [-0.15, -0.1) is 0 Å². The topological polar surface area (TPSA) is 77.2 Å². The van der Waals surface area contributed by atoms with Crippen molar-refractivity contribution in [1.82, 2.24) is 15.2 Å². The summed E-state index contributed by atoms with van der Waals surface area (Å²) in [5.74, 6) is -2.16. The van der Waals surface area contributed by atoms with Gasteiger partial charge in [0.05, 0.1) is 11.9 Å². The summed E-state index contributed by atoms with van der Waals surface area (Å²) < 4.78 is 74.4. The first-order chi connectivity index (χ1) is 13.7. The number of hydrogen-bond donors (Lipinski definition) is 1. The Balaban J connectivity index is 1.81. The molecule has 0 aliphatic rings. The molecule has 11 heteroatoms. The van der Waals surface area contributed by atoms with Crippen LogP contribution < -0.4 is 10.4 Å². The standard InChI is InChI=1S/C18H16F4N3O3P/c1-2-27-29(26,23-11-13-5-3-4-6-15(13)19)14-9-7-12(8-10-14)16-24-17(28-25-16)18(20,21)22/h3-10H,2,11H2,1H3,(H,23,26). The Morgan fingerprint density at radius 1 is 1.14 bits per heavy atom. The number of benzene rings is 2. The molecule has 0 radical (unpaired) electrons. The normalized spacial score (nSPS) is 14.0. The highest BCUT2D eigenvalue weighted by Crippen LogP contribution is 2.42. The minimum Gasteiger partial charge on any atom is -0.329 e. The molecule has 0 amide bonds. The largest absolute Gasteiger partial charge is 0.471 e. The summed E-state index contributed by atoms with van der Waals surface area (Å²) in [6, 6.07) is 11.7. The third kappa shape index (κ3) is 4.90. The lowest BCUT2D eigenvalue weighted by molar-refractivity contribution is -0.159. The maximum Gasteiger partial charge on any atom is 0.471 e. The van der Waals surface area contributed by atoms with Crippen molar-refractivity contribution >= 4 is 12.8 Å². The molecule has 2 aromatic carbocycles. The highest BCUT2D eigenvalue weighted by Gasteiger charge is 2.38. The van der Waals surface area contributed by atoms with Crippen molar-refractivity contribution in [3.63, 3.8) is 0 Å². The van der Waals surface area contributed by atoms with E-state index in [0.717, 1.165) is 0 Å². The maximum absolute atomic E-state index is 13.8. The summed E-state index contributed by atoms with van der Waals surface area (Å²) in [5, 5.41) is 6.31. The van der Waals surface area contributed by atoms with Gasteiger partial charge in [0.1, 0.15) is 5.82 Å². The fourth-order valence-corrected chi connectivity index (χ4v) is 4.19. The van der Waals surface area contributed by atoms with E-state index in [2.05, 4.69) is 19.8 Å². The molecule has 0 fully saturated rings. The van der Waals surface area contributed by atoms with Crippen molar-refractivity contribution in [3.05, 3.63) is 65.8 Å². The van der Waals surface area contributed by atoms with Crippen LogP contribution >= 0.6 is 7.52 Å². The molecule has 1 N–H and O–H groups in total. The van der Waals surface area contributed by atoms with Crippen LogP contribution in [0.1, 0.15) is 18.4 Å². The first-order valence-electron chi connectivity index (χ1n) is 8.48. The van der Waals surface area contributed by atoms with Gasteiger partial charge in [0.15, 0.2) is 0 Å². The lowest BCUT2D eigenvalue weighted by atomic mass is 10.2. The number of aromatic nitrogens is 2. The van der Waals surface area contributed by atoms with Crippen molar-refractivity contribution in [2.45, 2.75) is 19.6 Å². The van der Waals surface area contributed by atoms with E-state index in [4.69, 9.17) is 4.52 Å². The Morgan fingerprint density at radius 2 is 1.83 bits per heavy atom. The fraction of sp³-hybridized carbons (Fsp3) is 0.222. The van der Waals surface area contributed by atoms with Crippen LogP contribution in [0.25, 0.3) is 11.4 Å². The lowest BCUT2D eigenvalue weighted by Crippen LogP contribution is -2.21. The molecule has 1 atom stereocenters. The van der Waals surface area contributed by atoms with Crippen LogP contribution in [0, 0.1) is 5.82 Å². The Kier molecular flexibility index (Phi) is 6.16. The van der Waals surface area contributed by atoms with Crippen LogP contribution in [0.3, 0.4) is 0 Å². The lowest BCUT2D eigenvalue weighted by Gasteiger charge is -2.19. The molecule has 0 saturated carbocycles. The summed E-state index contributed by atoms with van der Waals surface area (Å²) >= 11 is 0. The van der Waals surface area contributed by atoms with Gasteiger partial charge in [0, 0.05) is 17.7 Å². The molecule has 29 heavy (non-hydrogen) atoms. The zero-order valence-corrected chi connectivity index (χ0v) is 16.0. The SMILES string of the molecule is CCOP(=O)(NCc1ccccc1F)c1ccc(-c2noc(C(F)(F)F)n2)cc1. The summed E-state index contributed by atoms with van der Waals surface area (Å²) in [5.41, 5.74) is 0.556. The zero-order chi connectivity index (χ0) is 21.1. The molecule has 1 aromatic heterocycles. The number of alkyl halides is 3. The van der Waals surface area contributed by atoms with E-state index in [1.807, 2.05) is 0 Å². The number of rotatable bonds is 7. The van der Waals surface area contributed by atoms with E-state index in [1.54, 1.807) is 25.1 Å². The number of halogens is 4. The van der Waals surface area contributed by atoms with Gasteiger partial charge in [-0.2, -0.15) is 18.2 Å². The molecule has 0 spiro atoms. The molecule has 6 nitrogen and oxygen atoms in total. The second-order valence-electron chi connectivity index (χ2n) is 5.86. The average Bonchev–Trinajstić information content (AvgIpc) is 3.19. The van der Waals surface area contributed by atoms with Gasteiger partial charge >= 0.3 is 12.1 Å². The van der Waals surface area contributed by atoms with Crippen molar-refractivity contribution < 1.29 is 31.2 Å². The van der Waals surface area contributed by atoms with Crippen LogP contribution in [0.2, 0.25) is 0 Å². The Hall–Kier alpha value is -2.55. The molecule has 154 valence electrons. The predicted octanol–water partition coefficient (Wildman–Crippen LogP) is 4.54. The van der Waals surface area contributed by atoms with Crippen molar-refractivity contribution in [2.24, 2.45) is 0 Å². The van der Waals surface area contributed by atoms with E-state index >= 15 is 0 Å². The average molecular weight is 429 g/mol. The summed E-state index contributed by atoms with van der Waals surface area (Å²) in [7, 11) is -3.55. The molecule has 1 unspecified atom stereocenters. The van der Waals surface area contributed by atoms with E-state index in [0.29, 0.717) is 5.56 Å². The number of hydrogen-bond acceptors (Lipinski definition) is 5. The summed E-state index contributed by atoms with van der Waals surface area (Å²) in [6.45, 7) is 1.75.